The second-order valence-corrected chi connectivity index (χ2v) is 3.38. The highest BCUT2D eigenvalue weighted by Crippen LogP contribution is 2.06. The van der Waals surface area contributed by atoms with Gasteiger partial charge in [0.15, 0.2) is 0 Å². The maximum atomic E-state index is 11.1. The third-order valence-electron chi connectivity index (χ3n) is 1.70. The lowest BCUT2D eigenvalue weighted by Gasteiger charge is -2.12. The third kappa shape index (κ3) is 8.29. The number of rotatable bonds is 7. The van der Waals surface area contributed by atoms with E-state index in [1.165, 1.54) is 6.92 Å². The highest BCUT2D eigenvalue weighted by Gasteiger charge is 2.11. The van der Waals surface area contributed by atoms with Crippen molar-refractivity contribution in [2.24, 2.45) is 0 Å². The second-order valence-electron chi connectivity index (χ2n) is 3.07. The summed E-state index contributed by atoms with van der Waals surface area (Å²) in [6, 6.07) is 0. The number of carbonyl (C=O) groups is 2. The Hall–Kier alpha value is -1.03. The molecule has 92 valence electrons. The van der Waals surface area contributed by atoms with Crippen LogP contribution in [-0.2, 0) is 19.1 Å². The molecule has 0 fully saturated rings. The molecule has 0 saturated heterocycles. The Labute approximate surface area is 101 Å². The standard InChI is InChI=1S/C11H17ClO4/c1-3-15-11(14)7-6-10(5-4-8-12)16-9(2)13/h4-5,10H,3,6-8H2,1-2H3/b5-4+. The molecule has 0 amide bonds. The summed E-state index contributed by atoms with van der Waals surface area (Å²) in [7, 11) is 0. The molecule has 0 saturated carbocycles. The summed E-state index contributed by atoms with van der Waals surface area (Å²) in [4.78, 5) is 21.9. The Bertz CT molecular complexity index is 250. The Morgan fingerprint density at radius 1 is 1.44 bits per heavy atom. The van der Waals surface area contributed by atoms with E-state index in [4.69, 9.17) is 21.1 Å². The molecule has 0 aromatic carbocycles. The molecule has 16 heavy (non-hydrogen) atoms. The van der Waals surface area contributed by atoms with Gasteiger partial charge in [-0.2, -0.15) is 0 Å². The molecule has 4 nitrogen and oxygen atoms in total. The average Bonchev–Trinajstić information content (AvgIpc) is 2.22. The predicted octanol–water partition coefficient (Wildman–Crippen LogP) is 2.06. The zero-order valence-electron chi connectivity index (χ0n) is 9.57. The molecule has 0 aliphatic carbocycles. The number of carbonyl (C=O) groups excluding carboxylic acids is 2. The normalized spacial score (nSPS) is 12.4. The molecule has 0 aromatic heterocycles. The number of allylic oxidation sites excluding steroid dienone is 1. The van der Waals surface area contributed by atoms with Gasteiger partial charge in [-0.15, -0.1) is 11.6 Å². The number of alkyl halides is 1. The number of hydrogen-bond acceptors (Lipinski definition) is 4. The molecule has 0 N–H and O–H groups in total. The lowest BCUT2D eigenvalue weighted by Crippen LogP contribution is -2.16. The van der Waals surface area contributed by atoms with Crippen LogP contribution in [0.3, 0.4) is 0 Å². The minimum Gasteiger partial charge on any atom is -0.466 e. The van der Waals surface area contributed by atoms with Crippen LogP contribution < -0.4 is 0 Å². The topological polar surface area (TPSA) is 52.6 Å². The lowest BCUT2D eigenvalue weighted by molar-refractivity contribution is -0.148. The third-order valence-corrected chi connectivity index (χ3v) is 1.87. The minimum absolute atomic E-state index is 0.221. The van der Waals surface area contributed by atoms with Gasteiger partial charge >= 0.3 is 11.9 Å². The fraction of sp³-hybridized carbons (Fsp3) is 0.636. The van der Waals surface area contributed by atoms with Crippen LogP contribution in [0.4, 0.5) is 0 Å². The van der Waals surface area contributed by atoms with E-state index < -0.39 is 6.10 Å². The van der Waals surface area contributed by atoms with Gasteiger partial charge in [0.25, 0.3) is 0 Å². The molecule has 5 heteroatoms. The molecule has 0 aliphatic heterocycles. The molecule has 0 aliphatic rings. The Morgan fingerprint density at radius 3 is 2.62 bits per heavy atom. The van der Waals surface area contributed by atoms with Crippen molar-refractivity contribution in [3.05, 3.63) is 12.2 Å². The summed E-state index contributed by atoms with van der Waals surface area (Å²) in [5.41, 5.74) is 0. The minimum atomic E-state index is -0.416. The van der Waals surface area contributed by atoms with E-state index in [1.54, 1.807) is 19.1 Å². The first-order valence-electron chi connectivity index (χ1n) is 5.15. The van der Waals surface area contributed by atoms with Gasteiger partial charge in [0.1, 0.15) is 6.10 Å². The fourth-order valence-electron chi connectivity index (χ4n) is 1.10. The quantitative estimate of drug-likeness (QED) is 0.393. The number of hydrogen-bond donors (Lipinski definition) is 0. The maximum absolute atomic E-state index is 11.1. The van der Waals surface area contributed by atoms with Crippen molar-refractivity contribution in [2.45, 2.75) is 32.8 Å². The van der Waals surface area contributed by atoms with Crippen molar-refractivity contribution in [2.75, 3.05) is 12.5 Å². The predicted molar refractivity (Wildman–Crippen MR) is 61.3 cm³/mol. The van der Waals surface area contributed by atoms with Crippen molar-refractivity contribution >= 4 is 23.5 Å². The summed E-state index contributed by atoms with van der Waals surface area (Å²) in [6.45, 7) is 3.43. The Kier molecular flexibility index (Phi) is 8.62. The van der Waals surface area contributed by atoms with Gasteiger partial charge in [-0.05, 0) is 19.4 Å². The van der Waals surface area contributed by atoms with Crippen LogP contribution >= 0.6 is 11.6 Å². The molecule has 0 heterocycles. The molecule has 0 rings (SSSR count). The summed E-state index contributed by atoms with van der Waals surface area (Å²) >= 11 is 5.48. The van der Waals surface area contributed by atoms with E-state index >= 15 is 0 Å². The van der Waals surface area contributed by atoms with Crippen molar-refractivity contribution in [1.29, 1.82) is 0 Å². The van der Waals surface area contributed by atoms with Crippen molar-refractivity contribution < 1.29 is 19.1 Å². The average molecular weight is 249 g/mol. The second kappa shape index (κ2) is 9.21. The Balaban J connectivity index is 4.05. The van der Waals surface area contributed by atoms with Gasteiger partial charge in [-0.3, -0.25) is 9.59 Å². The molecular weight excluding hydrogens is 232 g/mol. The van der Waals surface area contributed by atoms with E-state index in [0.717, 1.165) is 0 Å². The summed E-state index contributed by atoms with van der Waals surface area (Å²) < 4.78 is 9.76. The lowest BCUT2D eigenvalue weighted by atomic mass is 10.2. The highest BCUT2D eigenvalue weighted by atomic mass is 35.5. The van der Waals surface area contributed by atoms with Crippen molar-refractivity contribution in [3.63, 3.8) is 0 Å². The van der Waals surface area contributed by atoms with E-state index in [-0.39, 0.29) is 18.4 Å². The molecular formula is C11H17ClO4. The fourth-order valence-corrected chi connectivity index (χ4v) is 1.21. The highest BCUT2D eigenvalue weighted by molar-refractivity contribution is 6.18. The smallest absolute Gasteiger partial charge is 0.305 e. The molecule has 0 spiro atoms. The van der Waals surface area contributed by atoms with E-state index in [9.17, 15) is 9.59 Å². The van der Waals surface area contributed by atoms with Gasteiger partial charge in [-0.25, -0.2) is 0 Å². The van der Waals surface area contributed by atoms with Gasteiger partial charge in [0.05, 0.1) is 6.61 Å². The number of esters is 2. The molecule has 0 bridgehead atoms. The van der Waals surface area contributed by atoms with Crippen LogP contribution in [0.5, 0.6) is 0 Å². The van der Waals surface area contributed by atoms with E-state index in [2.05, 4.69) is 0 Å². The summed E-state index contributed by atoms with van der Waals surface area (Å²) in [5, 5.41) is 0. The molecule has 1 atom stereocenters. The van der Waals surface area contributed by atoms with E-state index in [0.29, 0.717) is 18.9 Å². The van der Waals surface area contributed by atoms with Crippen LogP contribution in [0.15, 0.2) is 12.2 Å². The van der Waals surface area contributed by atoms with Crippen LogP contribution in [0, 0.1) is 0 Å². The number of halogens is 1. The summed E-state index contributed by atoms with van der Waals surface area (Å²) in [6.07, 6.45) is 3.57. The van der Waals surface area contributed by atoms with Crippen LogP contribution in [0.1, 0.15) is 26.7 Å². The van der Waals surface area contributed by atoms with Gasteiger partial charge in [0, 0.05) is 19.2 Å². The molecule has 0 radical (unpaired) electrons. The van der Waals surface area contributed by atoms with Gasteiger partial charge < -0.3 is 9.47 Å². The first kappa shape index (κ1) is 15.0. The molecule has 1 unspecified atom stereocenters. The maximum Gasteiger partial charge on any atom is 0.305 e. The van der Waals surface area contributed by atoms with Gasteiger partial charge in [0.2, 0.25) is 0 Å². The van der Waals surface area contributed by atoms with E-state index in [1.807, 2.05) is 0 Å². The number of ether oxygens (including phenoxy) is 2. The van der Waals surface area contributed by atoms with Gasteiger partial charge in [-0.1, -0.05) is 6.08 Å². The first-order valence-corrected chi connectivity index (χ1v) is 5.69. The zero-order chi connectivity index (χ0) is 12.4. The van der Waals surface area contributed by atoms with Crippen molar-refractivity contribution in [1.82, 2.24) is 0 Å². The first-order chi connectivity index (χ1) is 7.60. The Morgan fingerprint density at radius 2 is 2.12 bits per heavy atom. The van der Waals surface area contributed by atoms with Crippen LogP contribution in [0.25, 0.3) is 0 Å². The summed E-state index contributed by atoms with van der Waals surface area (Å²) in [5.74, 6) is -0.330. The van der Waals surface area contributed by atoms with Crippen molar-refractivity contribution in [3.8, 4) is 0 Å². The largest absolute Gasteiger partial charge is 0.466 e. The van der Waals surface area contributed by atoms with Crippen LogP contribution in [-0.4, -0.2) is 30.5 Å². The SMILES string of the molecule is CCOC(=O)CCC(/C=C/CCl)OC(C)=O. The zero-order valence-corrected chi connectivity index (χ0v) is 10.3. The molecule has 0 aromatic rings. The van der Waals surface area contributed by atoms with Crippen LogP contribution in [0.2, 0.25) is 0 Å². The monoisotopic (exact) mass is 248 g/mol.